The summed E-state index contributed by atoms with van der Waals surface area (Å²) in [6.45, 7) is 0. The average molecular weight is 298 g/mol. The number of fused-ring (bicyclic) bond motifs is 3. The highest BCUT2D eigenvalue weighted by atomic mass is 16.5. The summed E-state index contributed by atoms with van der Waals surface area (Å²) in [6, 6.07) is 0. The van der Waals surface area contributed by atoms with Crippen molar-refractivity contribution in [1.82, 2.24) is 0 Å². The van der Waals surface area contributed by atoms with Gasteiger partial charge in [-0.3, -0.25) is 0 Å². The van der Waals surface area contributed by atoms with Crippen molar-refractivity contribution < 1.29 is 19.1 Å². The maximum Gasteiger partial charge on any atom is 0.334 e. The lowest BCUT2D eigenvalue weighted by molar-refractivity contribution is -0.140. The number of hydrogen-bond donors (Lipinski definition) is 0. The first-order chi connectivity index (χ1) is 10.7. The fraction of sp³-hybridized carbons (Fsp3) is 0.444. The molecule has 0 N–H and O–H groups in total. The predicted octanol–water partition coefficient (Wildman–Crippen LogP) is 2.19. The van der Waals surface area contributed by atoms with Gasteiger partial charge in [-0.25, -0.2) is 9.59 Å². The van der Waals surface area contributed by atoms with Crippen LogP contribution in [0, 0.1) is 29.6 Å². The Balaban J connectivity index is 1.84. The zero-order chi connectivity index (χ0) is 15.4. The Kier molecular flexibility index (Phi) is 2.90. The topological polar surface area (TPSA) is 52.6 Å². The Morgan fingerprint density at radius 1 is 1.05 bits per heavy atom. The highest BCUT2D eigenvalue weighted by Gasteiger charge is 2.55. The van der Waals surface area contributed by atoms with Crippen LogP contribution >= 0.6 is 0 Å². The highest BCUT2D eigenvalue weighted by molar-refractivity contribution is 6.02. The summed E-state index contributed by atoms with van der Waals surface area (Å²) in [5, 5.41) is 0. The van der Waals surface area contributed by atoms with E-state index in [0.717, 1.165) is 0 Å². The highest BCUT2D eigenvalue weighted by Crippen LogP contribution is 2.60. The van der Waals surface area contributed by atoms with E-state index in [9.17, 15) is 9.59 Å². The van der Waals surface area contributed by atoms with E-state index in [1.54, 1.807) is 0 Å². The van der Waals surface area contributed by atoms with Crippen LogP contribution in [0.3, 0.4) is 0 Å². The summed E-state index contributed by atoms with van der Waals surface area (Å²) in [7, 11) is 2.71. The minimum Gasteiger partial charge on any atom is -0.466 e. The second-order valence-corrected chi connectivity index (χ2v) is 6.29. The van der Waals surface area contributed by atoms with Crippen molar-refractivity contribution in [3.63, 3.8) is 0 Å². The molecule has 0 aromatic rings. The summed E-state index contributed by atoms with van der Waals surface area (Å²) < 4.78 is 9.85. The van der Waals surface area contributed by atoms with E-state index in [1.807, 2.05) is 0 Å². The van der Waals surface area contributed by atoms with Gasteiger partial charge in [0.1, 0.15) is 0 Å². The van der Waals surface area contributed by atoms with Crippen molar-refractivity contribution in [2.24, 2.45) is 29.6 Å². The van der Waals surface area contributed by atoms with E-state index >= 15 is 0 Å². The van der Waals surface area contributed by atoms with E-state index in [1.165, 1.54) is 19.8 Å². The third kappa shape index (κ3) is 1.58. The maximum absolute atomic E-state index is 12.4. The number of allylic oxidation sites excluding steroid dienone is 6. The van der Waals surface area contributed by atoms with Crippen LogP contribution in [0.2, 0.25) is 0 Å². The molecule has 0 aromatic carbocycles. The Labute approximate surface area is 129 Å². The molecule has 0 amide bonds. The molecule has 0 bridgehead atoms. The van der Waals surface area contributed by atoms with Gasteiger partial charge in [0.25, 0.3) is 0 Å². The minimum atomic E-state index is -0.429. The maximum atomic E-state index is 12.4. The van der Waals surface area contributed by atoms with Crippen molar-refractivity contribution >= 4 is 11.9 Å². The Bertz CT molecular complexity index is 679. The molecule has 5 atom stereocenters. The fourth-order valence-corrected chi connectivity index (χ4v) is 4.73. The molecule has 4 aliphatic carbocycles. The SMILES string of the molecule is COC(=O)C1=C(C(=O)OC)[C@@H]2C(=CC1)[C@@H]1C=C[C@@H]3C=C[C@H]2[C@@H]31. The molecule has 1 saturated carbocycles. The first-order valence-electron chi connectivity index (χ1n) is 7.63. The Hall–Kier alpha value is -2.10. The molecule has 0 radical (unpaired) electrons. The molecule has 4 aliphatic rings. The smallest absolute Gasteiger partial charge is 0.334 e. The molecule has 114 valence electrons. The first-order valence-corrected chi connectivity index (χ1v) is 7.63. The van der Waals surface area contributed by atoms with Crippen LogP contribution in [0.5, 0.6) is 0 Å². The lowest BCUT2D eigenvalue weighted by Gasteiger charge is -2.26. The van der Waals surface area contributed by atoms with Crippen molar-refractivity contribution in [2.75, 3.05) is 14.2 Å². The van der Waals surface area contributed by atoms with Crippen molar-refractivity contribution in [3.05, 3.63) is 47.1 Å². The summed E-state index contributed by atoms with van der Waals surface area (Å²) in [5.74, 6) is 0.726. The summed E-state index contributed by atoms with van der Waals surface area (Å²) in [4.78, 5) is 24.5. The first kappa shape index (κ1) is 13.6. The normalized spacial score (nSPS) is 37.0. The number of carbonyl (C=O) groups excluding carboxylic acids is 2. The van der Waals surface area contributed by atoms with Crippen LogP contribution in [-0.2, 0) is 19.1 Å². The van der Waals surface area contributed by atoms with Gasteiger partial charge >= 0.3 is 11.9 Å². The molecule has 4 nitrogen and oxygen atoms in total. The Morgan fingerprint density at radius 3 is 2.50 bits per heavy atom. The largest absolute Gasteiger partial charge is 0.466 e. The van der Waals surface area contributed by atoms with Gasteiger partial charge in [0.15, 0.2) is 0 Å². The van der Waals surface area contributed by atoms with Crippen molar-refractivity contribution in [1.29, 1.82) is 0 Å². The van der Waals surface area contributed by atoms with Gasteiger partial charge in [-0.15, -0.1) is 0 Å². The lowest BCUT2D eigenvalue weighted by atomic mass is 9.78. The molecule has 4 heteroatoms. The van der Waals surface area contributed by atoms with Gasteiger partial charge in [-0.05, 0) is 24.2 Å². The van der Waals surface area contributed by atoms with E-state index in [0.29, 0.717) is 35.3 Å². The number of ether oxygens (including phenoxy) is 2. The van der Waals surface area contributed by atoms with E-state index < -0.39 is 11.9 Å². The van der Waals surface area contributed by atoms with Gasteiger partial charge < -0.3 is 9.47 Å². The molecule has 0 saturated heterocycles. The van der Waals surface area contributed by atoms with Crippen LogP contribution in [0.1, 0.15) is 6.42 Å². The fourth-order valence-electron chi connectivity index (χ4n) is 4.73. The van der Waals surface area contributed by atoms with Gasteiger partial charge in [0.2, 0.25) is 0 Å². The minimum absolute atomic E-state index is 0.0449. The standard InChI is InChI=1S/C18H18O4/c1-21-17(19)13-8-7-11-10-5-3-9-4-6-12(14(9)10)15(11)16(13)18(20)22-2/h3-7,9-10,12,14-15H,8H2,1-2H3/t9-,10+,12+,14+,15-/m1/s1. The monoisotopic (exact) mass is 298 g/mol. The van der Waals surface area contributed by atoms with Gasteiger partial charge in [0.05, 0.1) is 25.4 Å². The quantitative estimate of drug-likeness (QED) is 0.579. The van der Waals surface area contributed by atoms with Crippen LogP contribution in [-0.4, -0.2) is 26.2 Å². The predicted molar refractivity (Wildman–Crippen MR) is 79.5 cm³/mol. The van der Waals surface area contributed by atoms with E-state index in [4.69, 9.17) is 9.47 Å². The van der Waals surface area contributed by atoms with Gasteiger partial charge in [-0.2, -0.15) is 0 Å². The zero-order valence-electron chi connectivity index (χ0n) is 12.6. The molecule has 0 spiro atoms. The molecule has 4 rings (SSSR count). The van der Waals surface area contributed by atoms with Crippen LogP contribution in [0.15, 0.2) is 47.1 Å². The van der Waals surface area contributed by atoms with Gasteiger partial charge in [-0.1, -0.05) is 36.0 Å². The molecule has 22 heavy (non-hydrogen) atoms. The average Bonchev–Trinajstić information content (AvgIpc) is 3.21. The van der Waals surface area contributed by atoms with Crippen LogP contribution in [0.4, 0.5) is 0 Å². The molecular formula is C18H18O4. The molecule has 0 aliphatic heterocycles. The number of hydrogen-bond acceptors (Lipinski definition) is 4. The number of methoxy groups -OCH3 is 2. The van der Waals surface area contributed by atoms with Crippen molar-refractivity contribution in [2.45, 2.75) is 6.42 Å². The van der Waals surface area contributed by atoms with Crippen molar-refractivity contribution in [3.8, 4) is 0 Å². The van der Waals surface area contributed by atoms with Gasteiger partial charge in [0, 0.05) is 11.8 Å². The molecule has 0 aromatic heterocycles. The van der Waals surface area contributed by atoms with E-state index in [2.05, 4.69) is 30.4 Å². The van der Waals surface area contributed by atoms with Crippen LogP contribution < -0.4 is 0 Å². The number of esters is 2. The molecule has 0 unspecified atom stereocenters. The summed E-state index contributed by atoms with van der Waals surface area (Å²) >= 11 is 0. The zero-order valence-corrected chi connectivity index (χ0v) is 12.6. The third-order valence-electron chi connectivity index (χ3n) is 5.54. The van der Waals surface area contributed by atoms with E-state index in [-0.39, 0.29) is 11.8 Å². The number of carbonyl (C=O) groups is 2. The second-order valence-electron chi connectivity index (χ2n) is 6.29. The Morgan fingerprint density at radius 2 is 1.77 bits per heavy atom. The summed E-state index contributed by atoms with van der Waals surface area (Å²) in [5.41, 5.74) is 2.22. The lowest BCUT2D eigenvalue weighted by Crippen LogP contribution is -2.26. The second kappa shape index (κ2) is 4.70. The van der Waals surface area contributed by atoms with Crippen LogP contribution in [0.25, 0.3) is 0 Å². The molecular weight excluding hydrogens is 280 g/mol. The number of rotatable bonds is 2. The third-order valence-corrected chi connectivity index (χ3v) is 5.54. The molecule has 0 heterocycles. The summed E-state index contributed by atoms with van der Waals surface area (Å²) in [6.07, 6.45) is 11.5. The molecule has 1 fully saturated rings.